The number of thiophene rings is 1. The number of hydrogen-bond acceptors (Lipinski definition) is 4. The standard InChI is InChI=1S/C14H18N2OS/c1-3-17-13-8-4-7-12(14(13)15)16(2)10-11-6-5-9-18-11/h4-9H,3,10,15H2,1-2H3. The fourth-order valence-electron chi connectivity index (χ4n) is 1.87. The van der Waals surface area contributed by atoms with Crippen molar-refractivity contribution >= 4 is 22.7 Å². The van der Waals surface area contributed by atoms with Crippen LogP contribution in [0.15, 0.2) is 35.7 Å². The van der Waals surface area contributed by atoms with E-state index in [1.165, 1.54) is 4.88 Å². The highest BCUT2D eigenvalue weighted by Crippen LogP contribution is 2.32. The summed E-state index contributed by atoms with van der Waals surface area (Å²) in [4.78, 5) is 3.46. The Balaban J connectivity index is 2.19. The molecule has 0 saturated heterocycles. The van der Waals surface area contributed by atoms with E-state index in [0.29, 0.717) is 12.3 Å². The number of nitrogen functional groups attached to an aromatic ring is 1. The summed E-state index contributed by atoms with van der Waals surface area (Å²) in [5.74, 6) is 0.757. The van der Waals surface area contributed by atoms with Gasteiger partial charge in [0.05, 0.1) is 24.5 Å². The Hall–Kier alpha value is -1.68. The third-order valence-electron chi connectivity index (χ3n) is 2.73. The summed E-state index contributed by atoms with van der Waals surface area (Å²) in [7, 11) is 2.04. The van der Waals surface area contributed by atoms with E-state index in [1.54, 1.807) is 11.3 Å². The first-order valence-corrected chi connectivity index (χ1v) is 6.85. The van der Waals surface area contributed by atoms with Crippen molar-refractivity contribution in [3.05, 3.63) is 40.6 Å². The van der Waals surface area contributed by atoms with E-state index in [0.717, 1.165) is 18.0 Å². The van der Waals surface area contributed by atoms with Crippen molar-refractivity contribution in [3.8, 4) is 5.75 Å². The summed E-state index contributed by atoms with van der Waals surface area (Å²) < 4.78 is 5.51. The highest BCUT2D eigenvalue weighted by Gasteiger charge is 2.10. The molecule has 1 heterocycles. The number of para-hydroxylation sites is 1. The Bertz CT molecular complexity index is 497. The highest BCUT2D eigenvalue weighted by atomic mass is 32.1. The summed E-state index contributed by atoms with van der Waals surface area (Å²) in [5.41, 5.74) is 7.85. The summed E-state index contributed by atoms with van der Waals surface area (Å²) in [6.07, 6.45) is 0. The van der Waals surface area contributed by atoms with Crippen LogP contribution in [0.2, 0.25) is 0 Å². The second kappa shape index (κ2) is 5.78. The van der Waals surface area contributed by atoms with E-state index >= 15 is 0 Å². The van der Waals surface area contributed by atoms with E-state index in [4.69, 9.17) is 10.5 Å². The monoisotopic (exact) mass is 262 g/mol. The normalized spacial score (nSPS) is 10.3. The Labute approximate surface area is 112 Å². The second-order valence-electron chi connectivity index (χ2n) is 4.06. The molecule has 1 aromatic heterocycles. The maximum absolute atomic E-state index is 6.14. The number of rotatable bonds is 5. The topological polar surface area (TPSA) is 38.5 Å². The molecule has 2 aromatic rings. The van der Waals surface area contributed by atoms with Gasteiger partial charge in [-0.1, -0.05) is 12.1 Å². The smallest absolute Gasteiger partial charge is 0.144 e. The van der Waals surface area contributed by atoms with Crippen LogP contribution in [0, 0.1) is 0 Å². The van der Waals surface area contributed by atoms with Gasteiger partial charge in [0.25, 0.3) is 0 Å². The first-order valence-electron chi connectivity index (χ1n) is 5.97. The van der Waals surface area contributed by atoms with Crippen molar-refractivity contribution in [2.24, 2.45) is 0 Å². The van der Waals surface area contributed by atoms with Crippen LogP contribution >= 0.6 is 11.3 Å². The molecule has 0 saturated carbocycles. The van der Waals surface area contributed by atoms with Crippen LogP contribution in [0.25, 0.3) is 0 Å². The molecule has 0 amide bonds. The molecule has 0 bridgehead atoms. The molecule has 0 aliphatic rings. The minimum atomic E-state index is 0.627. The highest BCUT2D eigenvalue weighted by molar-refractivity contribution is 7.09. The van der Waals surface area contributed by atoms with E-state index in [-0.39, 0.29) is 0 Å². The zero-order chi connectivity index (χ0) is 13.0. The quantitative estimate of drug-likeness (QED) is 0.840. The zero-order valence-electron chi connectivity index (χ0n) is 10.7. The molecule has 3 nitrogen and oxygen atoms in total. The van der Waals surface area contributed by atoms with Gasteiger partial charge in [-0.05, 0) is 30.5 Å². The maximum atomic E-state index is 6.14. The van der Waals surface area contributed by atoms with Crippen LogP contribution in [-0.2, 0) is 6.54 Å². The van der Waals surface area contributed by atoms with Crippen LogP contribution in [0.3, 0.4) is 0 Å². The second-order valence-corrected chi connectivity index (χ2v) is 5.09. The largest absolute Gasteiger partial charge is 0.492 e. The molecule has 0 fully saturated rings. The number of nitrogens with two attached hydrogens (primary N) is 1. The molecule has 0 unspecified atom stereocenters. The summed E-state index contributed by atoms with van der Waals surface area (Å²) in [5, 5.41) is 2.09. The van der Waals surface area contributed by atoms with Crippen LogP contribution in [0.1, 0.15) is 11.8 Å². The molecule has 4 heteroatoms. The SMILES string of the molecule is CCOc1cccc(N(C)Cc2cccs2)c1N. The fraction of sp³-hybridized carbons (Fsp3) is 0.286. The van der Waals surface area contributed by atoms with Crippen LogP contribution in [-0.4, -0.2) is 13.7 Å². The lowest BCUT2D eigenvalue weighted by Gasteiger charge is -2.21. The molecule has 0 aliphatic carbocycles. The average molecular weight is 262 g/mol. The summed E-state index contributed by atoms with van der Waals surface area (Å²) in [6, 6.07) is 10.1. The van der Waals surface area contributed by atoms with Crippen molar-refractivity contribution in [2.45, 2.75) is 13.5 Å². The molecular weight excluding hydrogens is 244 g/mol. The molecule has 0 spiro atoms. The number of anilines is 2. The lowest BCUT2D eigenvalue weighted by Crippen LogP contribution is -2.17. The third-order valence-corrected chi connectivity index (χ3v) is 3.59. The van der Waals surface area contributed by atoms with Gasteiger partial charge in [-0.15, -0.1) is 11.3 Å². The lowest BCUT2D eigenvalue weighted by atomic mass is 10.2. The first-order chi connectivity index (χ1) is 8.72. The molecule has 1 aromatic carbocycles. The molecule has 18 heavy (non-hydrogen) atoms. The molecule has 2 N–H and O–H groups in total. The van der Waals surface area contributed by atoms with Crippen molar-refractivity contribution < 1.29 is 4.74 Å². The van der Waals surface area contributed by atoms with E-state index in [9.17, 15) is 0 Å². The summed E-state index contributed by atoms with van der Waals surface area (Å²) in [6.45, 7) is 3.45. The molecule has 2 rings (SSSR count). The third kappa shape index (κ3) is 2.76. The maximum Gasteiger partial charge on any atom is 0.144 e. The van der Waals surface area contributed by atoms with Gasteiger partial charge in [-0.3, -0.25) is 0 Å². The van der Waals surface area contributed by atoms with E-state index < -0.39 is 0 Å². The Morgan fingerprint density at radius 1 is 1.28 bits per heavy atom. The van der Waals surface area contributed by atoms with Gasteiger partial charge in [0.15, 0.2) is 0 Å². The molecule has 96 valence electrons. The van der Waals surface area contributed by atoms with Crippen molar-refractivity contribution in [1.29, 1.82) is 0 Å². The van der Waals surface area contributed by atoms with E-state index in [2.05, 4.69) is 22.4 Å². The van der Waals surface area contributed by atoms with Gasteiger partial charge < -0.3 is 15.4 Å². The molecule has 0 atom stereocenters. The van der Waals surface area contributed by atoms with Crippen molar-refractivity contribution in [2.75, 3.05) is 24.3 Å². The van der Waals surface area contributed by atoms with Gasteiger partial charge in [0.2, 0.25) is 0 Å². The number of hydrogen-bond donors (Lipinski definition) is 1. The van der Waals surface area contributed by atoms with Crippen LogP contribution in [0.5, 0.6) is 5.75 Å². The number of ether oxygens (including phenoxy) is 1. The molecule has 0 radical (unpaired) electrons. The molecule has 0 aliphatic heterocycles. The predicted octanol–water partition coefficient (Wildman–Crippen LogP) is 3.37. The van der Waals surface area contributed by atoms with Gasteiger partial charge in [-0.2, -0.15) is 0 Å². The predicted molar refractivity (Wildman–Crippen MR) is 78.4 cm³/mol. The van der Waals surface area contributed by atoms with Crippen LogP contribution < -0.4 is 15.4 Å². The zero-order valence-corrected chi connectivity index (χ0v) is 11.5. The molecular formula is C14H18N2OS. The summed E-state index contributed by atoms with van der Waals surface area (Å²) >= 11 is 1.75. The van der Waals surface area contributed by atoms with Gasteiger partial charge in [0.1, 0.15) is 5.75 Å². The lowest BCUT2D eigenvalue weighted by molar-refractivity contribution is 0.342. The fourth-order valence-corrected chi connectivity index (χ4v) is 2.63. The number of benzene rings is 1. The van der Waals surface area contributed by atoms with Crippen molar-refractivity contribution in [3.63, 3.8) is 0 Å². The van der Waals surface area contributed by atoms with Gasteiger partial charge >= 0.3 is 0 Å². The van der Waals surface area contributed by atoms with Crippen LogP contribution in [0.4, 0.5) is 11.4 Å². The average Bonchev–Trinajstić information content (AvgIpc) is 2.85. The van der Waals surface area contributed by atoms with Gasteiger partial charge in [-0.25, -0.2) is 0 Å². The Morgan fingerprint density at radius 3 is 2.78 bits per heavy atom. The van der Waals surface area contributed by atoms with E-state index in [1.807, 2.05) is 32.2 Å². The Morgan fingerprint density at radius 2 is 2.11 bits per heavy atom. The first kappa shape index (κ1) is 12.8. The number of nitrogens with zero attached hydrogens (tertiary/aromatic N) is 1. The Kier molecular flexibility index (Phi) is 4.10. The van der Waals surface area contributed by atoms with Crippen molar-refractivity contribution in [1.82, 2.24) is 0 Å². The minimum Gasteiger partial charge on any atom is -0.492 e. The van der Waals surface area contributed by atoms with Gasteiger partial charge in [0, 0.05) is 11.9 Å². The minimum absolute atomic E-state index is 0.627.